The number of halogens is 4. The Bertz CT molecular complexity index is 443. The third-order valence-corrected chi connectivity index (χ3v) is 2.58. The fourth-order valence-electron chi connectivity index (χ4n) is 1.57. The highest BCUT2D eigenvalue weighted by Crippen LogP contribution is 2.31. The van der Waals surface area contributed by atoms with Crippen molar-refractivity contribution in [2.24, 2.45) is 0 Å². The van der Waals surface area contributed by atoms with E-state index in [4.69, 9.17) is 4.74 Å². The van der Waals surface area contributed by atoms with Gasteiger partial charge in [-0.05, 0) is 30.7 Å². The first-order chi connectivity index (χ1) is 9.45. The van der Waals surface area contributed by atoms with Gasteiger partial charge < -0.3 is 10.1 Å². The first-order valence-electron chi connectivity index (χ1n) is 6.18. The predicted molar refractivity (Wildman–Crippen MR) is 69.8 cm³/mol. The first-order valence-corrected chi connectivity index (χ1v) is 6.18. The zero-order chi connectivity index (χ0) is 15.0. The summed E-state index contributed by atoms with van der Waals surface area (Å²) in [6, 6.07) is 2.89. The van der Waals surface area contributed by atoms with E-state index < -0.39 is 17.6 Å². The summed E-state index contributed by atoms with van der Waals surface area (Å²) in [7, 11) is 1.61. The van der Waals surface area contributed by atoms with Gasteiger partial charge >= 0.3 is 6.18 Å². The Labute approximate surface area is 115 Å². The van der Waals surface area contributed by atoms with Crippen LogP contribution in [0, 0.1) is 5.82 Å². The Morgan fingerprint density at radius 3 is 2.60 bits per heavy atom. The molecule has 0 saturated carbocycles. The highest BCUT2D eigenvalue weighted by atomic mass is 19.4. The molecule has 0 atom stereocenters. The minimum Gasteiger partial charge on any atom is -0.383 e. The van der Waals surface area contributed by atoms with Crippen molar-refractivity contribution in [3.05, 3.63) is 41.2 Å². The summed E-state index contributed by atoms with van der Waals surface area (Å²) in [6.07, 6.45) is -0.576. The van der Waals surface area contributed by atoms with Gasteiger partial charge in [0.25, 0.3) is 0 Å². The Hall–Kier alpha value is -1.40. The fourth-order valence-corrected chi connectivity index (χ4v) is 1.57. The third-order valence-electron chi connectivity index (χ3n) is 2.58. The van der Waals surface area contributed by atoms with Crippen LogP contribution in [0.2, 0.25) is 0 Å². The SMILES string of the molecule is COCCNCC/C=C/c1ccc(C(F)(F)F)c(F)c1. The molecule has 0 bridgehead atoms. The lowest BCUT2D eigenvalue weighted by Crippen LogP contribution is -2.19. The van der Waals surface area contributed by atoms with Gasteiger partial charge in [0, 0.05) is 13.7 Å². The van der Waals surface area contributed by atoms with Gasteiger partial charge in [0.15, 0.2) is 0 Å². The van der Waals surface area contributed by atoms with Crippen molar-refractivity contribution in [1.29, 1.82) is 0 Å². The Morgan fingerprint density at radius 2 is 2.00 bits per heavy atom. The van der Waals surface area contributed by atoms with Crippen molar-refractivity contribution in [3.63, 3.8) is 0 Å². The number of hydrogen-bond donors (Lipinski definition) is 1. The predicted octanol–water partition coefficient (Wildman–Crippen LogP) is 3.48. The van der Waals surface area contributed by atoms with Crippen molar-refractivity contribution in [2.75, 3.05) is 26.8 Å². The van der Waals surface area contributed by atoms with Gasteiger partial charge in [-0.1, -0.05) is 18.2 Å². The van der Waals surface area contributed by atoms with Crippen LogP contribution in [-0.2, 0) is 10.9 Å². The molecule has 0 aliphatic rings. The number of rotatable bonds is 7. The largest absolute Gasteiger partial charge is 0.419 e. The highest BCUT2D eigenvalue weighted by molar-refractivity contribution is 5.50. The van der Waals surface area contributed by atoms with E-state index in [0.29, 0.717) is 18.6 Å². The topological polar surface area (TPSA) is 21.3 Å². The van der Waals surface area contributed by atoms with Gasteiger partial charge in [-0.2, -0.15) is 13.2 Å². The molecule has 0 fully saturated rings. The molecule has 1 N–H and O–H groups in total. The Morgan fingerprint density at radius 1 is 1.25 bits per heavy atom. The van der Waals surface area contributed by atoms with Crippen LogP contribution >= 0.6 is 0 Å². The number of hydrogen-bond acceptors (Lipinski definition) is 2. The van der Waals surface area contributed by atoms with Crippen LogP contribution in [0.3, 0.4) is 0 Å². The maximum Gasteiger partial charge on any atom is 0.419 e. The normalized spacial score (nSPS) is 12.2. The van der Waals surface area contributed by atoms with E-state index in [2.05, 4.69) is 5.32 Å². The van der Waals surface area contributed by atoms with E-state index in [1.165, 1.54) is 6.07 Å². The number of ether oxygens (including phenoxy) is 1. The lowest BCUT2D eigenvalue weighted by Gasteiger charge is -2.07. The van der Waals surface area contributed by atoms with E-state index in [-0.39, 0.29) is 0 Å². The second kappa shape index (κ2) is 8.01. The van der Waals surface area contributed by atoms with Crippen LogP contribution < -0.4 is 5.32 Å². The maximum absolute atomic E-state index is 13.3. The number of methoxy groups -OCH3 is 1. The molecule has 0 heterocycles. The first kappa shape index (κ1) is 16.7. The summed E-state index contributed by atoms with van der Waals surface area (Å²) in [6.45, 7) is 2.08. The molecule has 1 aromatic rings. The molecular formula is C14H17F4NO. The van der Waals surface area contributed by atoms with Gasteiger partial charge in [-0.15, -0.1) is 0 Å². The van der Waals surface area contributed by atoms with Gasteiger partial charge in [0.1, 0.15) is 5.82 Å². The second-order valence-corrected chi connectivity index (χ2v) is 4.17. The molecule has 1 rings (SSSR count). The molecule has 0 unspecified atom stereocenters. The monoisotopic (exact) mass is 291 g/mol. The summed E-state index contributed by atoms with van der Waals surface area (Å²) in [5.41, 5.74) is -0.830. The van der Waals surface area contributed by atoms with Crippen LogP contribution in [0.15, 0.2) is 24.3 Å². The van der Waals surface area contributed by atoms with Crippen LogP contribution in [0.4, 0.5) is 17.6 Å². The zero-order valence-electron chi connectivity index (χ0n) is 11.1. The maximum atomic E-state index is 13.3. The molecule has 0 spiro atoms. The van der Waals surface area contributed by atoms with Crippen LogP contribution in [0.25, 0.3) is 6.08 Å². The van der Waals surface area contributed by atoms with Crippen molar-refractivity contribution in [3.8, 4) is 0 Å². The average molecular weight is 291 g/mol. The molecule has 1 aromatic carbocycles. The van der Waals surface area contributed by atoms with Gasteiger partial charge in [0.2, 0.25) is 0 Å². The van der Waals surface area contributed by atoms with E-state index in [0.717, 1.165) is 25.2 Å². The molecule has 112 valence electrons. The molecule has 2 nitrogen and oxygen atoms in total. The van der Waals surface area contributed by atoms with Gasteiger partial charge in [0.05, 0.1) is 12.2 Å². The third kappa shape index (κ3) is 5.71. The summed E-state index contributed by atoms with van der Waals surface area (Å²) in [5.74, 6) is -1.25. The minimum atomic E-state index is -4.66. The minimum absolute atomic E-state index is 0.410. The summed E-state index contributed by atoms with van der Waals surface area (Å²) in [5, 5.41) is 3.11. The Balaban J connectivity index is 2.47. The summed E-state index contributed by atoms with van der Waals surface area (Å²) in [4.78, 5) is 0. The smallest absolute Gasteiger partial charge is 0.383 e. The van der Waals surface area contributed by atoms with E-state index in [1.807, 2.05) is 0 Å². The van der Waals surface area contributed by atoms with Gasteiger partial charge in [-0.3, -0.25) is 0 Å². The van der Waals surface area contributed by atoms with Crippen molar-refractivity contribution < 1.29 is 22.3 Å². The molecule has 0 aromatic heterocycles. The summed E-state index contributed by atoms with van der Waals surface area (Å²) >= 11 is 0. The molecule has 0 aliphatic carbocycles. The van der Waals surface area contributed by atoms with Gasteiger partial charge in [-0.25, -0.2) is 4.39 Å². The lowest BCUT2D eigenvalue weighted by molar-refractivity contribution is -0.140. The standard InChI is InChI=1S/C14H17F4NO/c1-20-9-8-19-7-3-2-4-11-5-6-12(13(15)10-11)14(16,17)18/h2,4-6,10,19H,3,7-9H2,1H3/b4-2+. The number of benzene rings is 1. The lowest BCUT2D eigenvalue weighted by atomic mass is 10.1. The number of alkyl halides is 3. The average Bonchev–Trinajstić information content (AvgIpc) is 2.36. The molecule has 0 saturated heterocycles. The molecular weight excluding hydrogens is 274 g/mol. The van der Waals surface area contributed by atoms with Crippen LogP contribution in [-0.4, -0.2) is 26.8 Å². The van der Waals surface area contributed by atoms with Crippen LogP contribution in [0.5, 0.6) is 0 Å². The molecule has 6 heteroatoms. The van der Waals surface area contributed by atoms with E-state index in [1.54, 1.807) is 19.3 Å². The van der Waals surface area contributed by atoms with E-state index >= 15 is 0 Å². The van der Waals surface area contributed by atoms with Crippen molar-refractivity contribution in [2.45, 2.75) is 12.6 Å². The molecule has 0 amide bonds. The summed E-state index contributed by atoms with van der Waals surface area (Å²) < 4.78 is 55.2. The molecule has 20 heavy (non-hydrogen) atoms. The quantitative estimate of drug-likeness (QED) is 0.613. The van der Waals surface area contributed by atoms with E-state index in [9.17, 15) is 17.6 Å². The molecule has 0 aliphatic heterocycles. The van der Waals surface area contributed by atoms with Crippen LogP contribution in [0.1, 0.15) is 17.5 Å². The zero-order valence-corrected chi connectivity index (χ0v) is 11.1. The Kier molecular flexibility index (Phi) is 6.67. The van der Waals surface area contributed by atoms with Crippen molar-refractivity contribution >= 4 is 6.08 Å². The highest BCUT2D eigenvalue weighted by Gasteiger charge is 2.33. The molecule has 0 radical (unpaired) electrons. The number of nitrogens with one attached hydrogen (secondary N) is 1. The fraction of sp³-hybridized carbons (Fsp3) is 0.429. The van der Waals surface area contributed by atoms with Crippen molar-refractivity contribution in [1.82, 2.24) is 5.32 Å². The second-order valence-electron chi connectivity index (χ2n) is 4.17.